The number of carbonyl (C=O) groups excluding carboxylic acids is 3. The molecule has 0 aliphatic carbocycles. The molecule has 0 aromatic heterocycles. The first-order valence-corrected chi connectivity index (χ1v) is 9.01. The molecule has 0 bridgehead atoms. The van der Waals surface area contributed by atoms with E-state index in [1.807, 2.05) is 24.3 Å². The molecule has 2 fully saturated rings. The van der Waals surface area contributed by atoms with E-state index >= 15 is 0 Å². The first-order valence-electron chi connectivity index (χ1n) is 8.58. The van der Waals surface area contributed by atoms with Gasteiger partial charge in [0.15, 0.2) is 0 Å². The van der Waals surface area contributed by atoms with Gasteiger partial charge in [-0.25, -0.2) is 0 Å². The standard InChI is InChI=1S/C19H18ClN3O3/c20-9-4-8-19(12-5-1-2-6-13(12)22-18(19)26)11-14-17(25)23-10-3-7-15(23)16(24)21-14/h1-2,4-6,9,11,15H,3,7-8,10H2,(H,21,24)(H,22,26)/b9-4-,14-11+/t15-,19-/m0/s1. The summed E-state index contributed by atoms with van der Waals surface area (Å²) in [5, 5.41) is 5.57. The molecule has 26 heavy (non-hydrogen) atoms. The normalized spacial score (nSPS) is 29.1. The summed E-state index contributed by atoms with van der Waals surface area (Å²) in [7, 11) is 0. The Hall–Kier alpha value is -2.60. The van der Waals surface area contributed by atoms with Crippen LogP contribution in [0.4, 0.5) is 5.69 Å². The summed E-state index contributed by atoms with van der Waals surface area (Å²) >= 11 is 5.71. The second kappa shape index (κ2) is 6.29. The fourth-order valence-corrected chi connectivity index (χ4v) is 4.11. The third kappa shape index (κ3) is 2.44. The topological polar surface area (TPSA) is 78.5 Å². The van der Waals surface area contributed by atoms with Crippen LogP contribution in [0, 0.1) is 0 Å². The summed E-state index contributed by atoms with van der Waals surface area (Å²) < 4.78 is 0. The Labute approximate surface area is 155 Å². The monoisotopic (exact) mass is 371 g/mol. The van der Waals surface area contributed by atoms with E-state index in [1.54, 1.807) is 17.1 Å². The fourth-order valence-electron chi connectivity index (χ4n) is 4.02. The molecule has 134 valence electrons. The zero-order chi connectivity index (χ0) is 18.3. The van der Waals surface area contributed by atoms with Gasteiger partial charge in [-0.2, -0.15) is 0 Å². The number of nitrogens with zero attached hydrogens (tertiary/aromatic N) is 1. The highest BCUT2D eigenvalue weighted by Gasteiger charge is 2.47. The van der Waals surface area contributed by atoms with Crippen LogP contribution >= 0.6 is 11.6 Å². The number of halogens is 1. The number of para-hydroxylation sites is 1. The lowest BCUT2D eigenvalue weighted by molar-refractivity contribution is -0.140. The highest BCUT2D eigenvalue weighted by molar-refractivity contribution is 6.25. The van der Waals surface area contributed by atoms with Gasteiger partial charge in [0.1, 0.15) is 17.2 Å². The number of allylic oxidation sites excluding steroid dienone is 1. The number of benzene rings is 1. The largest absolute Gasteiger partial charge is 0.325 e. The summed E-state index contributed by atoms with van der Waals surface area (Å²) in [6.07, 6.45) is 5.03. The smallest absolute Gasteiger partial charge is 0.270 e. The van der Waals surface area contributed by atoms with Crippen LogP contribution in [0.5, 0.6) is 0 Å². The third-order valence-corrected chi connectivity index (χ3v) is 5.46. The van der Waals surface area contributed by atoms with E-state index in [2.05, 4.69) is 10.6 Å². The number of anilines is 1. The van der Waals surface area contributed by atoms with Gasteiger partial charge < -0.3 is 15.5 Å². The van der Waals surface area contributed by atoms with Gasteiger partial charge in [-0.05, 0) is 37.0 Å². The van der Waals surface area contributed by atoms with Crippen molar-refractivity contribution in [3.63, 3.8) is 0 Å². The highest BCUT2D eigenvalue weighted by atomic mass is 35.5. The van der Waals surface area contributed by atoms with Crippen molar-refractivity contribution in [2.24, 2.45) is 0 Å². The van der Waals surface area contributed by atoms with Crippen molar-refractivity contribution in [1.82, 2.24) is 10.2 Å². The molecule has 3 aliphatic heterocycles. The fraction of sp³-hybridized carbons (Fsp3) is 0.316. The van der Waals surface area contributed by atoms with Crippen molar-refractivity contribution in [1.29, 1.82) is 0 Å². The molecule has 0 radical (unpaired) electrons. The van der Waals surface area contributed by atoms with E-state index in [0.29, 0.717) is 18.7 Å². The van der Waals surface area contributed by atoms with E-state index < -0.39 is 11.5 Å². The third-order valence-electron chi connectivity index (χ3n) is 5.29. The van der Waals surface area contributed by atoms with Crippen LogP contribution < -0.4 is 10.6 Å². The van der Waals surface area contributed by atoms with E-state index in [9.17, 15) is 14.4 Å². The Kier molecular flexibility index (Phi) is 4.07. The van der Waals surface area contributed by atoms with Crippen molar-refractivity contribution in [2.75, 3.05) is 11.9 Å². The van der Waals surface area contributed by atoms with Gasteiger partial charge in [0.25, 0.3) is 5.91 Å². The van der Waals surface area contributed by atoms with Gasteiger partial charge in [-0.1, -0.05) is 35.9 Å². The van der Waals surface area contributed by atoms with Crippen LogP contribution in [0.25, 0.3) is 0 Å². The first-order chi connectivity index (χ1) is 12.6. The molecule has 7 heteroatoms. The maximum absolute atomic E-state index is 12.9. The minimum atomic E-state index is -1.09. The van der Waals surface area contributed by atoms with Crippen LogP contribution in [0.2, 0.25) is 0 Å². The predicted molar refractivity (Wildman–Crippen MR) is 97.3 cm³/mol. The number of nitrogens with one attached hydrogen (secondary N) is 2. The minimum Gasteiger partial charge on any atom is -0.325 e. The number of piperazine rings is 1. The molecule has 2 atom stereocenters. The number of carbonyl (C=O) groups is 3. The Bertz CT molecular complexity index is 863. The van der Waals surface area contributed by atoms with Crippen LogP contribution in [-0.4, -0.2) is 35.2 Å². The minimum absolute atomic E-state index is 0.156. The van der Waals surface area contributed by atoms with E-state index in [1.165, 1.54) is 5.54 Å². The van der Waals surface area contributed by atoms with Gasteiger partial charge >= 0.3 is 0 Å². The van der Waals surface area contributed by atoms with Crippen molar-refractivity contribution >= 4 is 35.0 Å². The lowest BCUT2D eigenvalue weighted by Gasteiger charge is -2.32. The SMILES string of the molecule is O=C1N/C(=C/[C@]2(C/C=C\Cl)C(=O)Nc3ccccc32)C(=O)N2CCC[C@@H]12. The summed E-state index contributed by atoms with van der Waals surface area (Å²) in [6, 6.07) is 6.94. The van der Waals surface area contributed by atoms with Gasteiger partial charge in [-0.3, -0.25) is 14.4 Å². The molecule has 1 aromatic carbocycles. The summed E-state index contributed by atoms with van der Waals surface area (Å²) in [5.41, 5.74) is 1.88. The van der Waals surface area contributed by atoms with Crippen molar-refractivity contribution < 1.29 is 14.4 Å². The maximum Gasteiger partial charge on any atom is 0.270 e. The van der Waals surface area contributed by atoms with Gasteiger partial charge in [-0.15, -0.1) is 0 Å². The number of hydrogen-bond acceptors (Lipinski definition) is 3. The number of amides is 3. The summed E-state index contributed by atoms with van der Waals surface area (Å²) in [5.74, 6) is -0.673. The average molecular weight is 372 g/mol. The number of rotatable bonds is 3. The molecule has 1 aromatic rings. The average Bonchev–Trinajstić information content (AvgIpc) is 3.22. The molecular formula is C19H18ClN3O3. The number of hydrogen-bond donors (Lipinski definition) is 2. The summed E-state index contributed by atoms with van der Waals surface area (Å²) in [6.45, 7) is 0.561. The molecule has 4 rings (SSSR count). The molecule has 3 amide bonds. The van der Waals surface area contributed by atoms with Crippen LogP contribution in [0.3, 0.4) is 0 Å². The molecule has 0 saturated carbocycles. The molecule has 3 aliphatic rings. The van der Waals surface area contributed by atoms with Gasteiger partial charge in [0.05, 0.1) is 0 Å². The van der Waals surface area contributed by atoms with Crippen molar-refractivity contribution in [3.8, 4) is 0 Å². The Morgan fingerprint density at radius 2 is 2.04 bits per heavy atom. The predicted octanol–water partition coefficient (Wildman–Crippen LogP) is 2.02. The second-order valence-electron chi connectivity index (χ2n) is 6.74. The molecule has 0 spiro atoms. The second-order valence-corrected chi connectivity index (χ2v) is 6.99. The quantitative estimate of drug-likeness (QED) is 0.798. The molecule has 0 unspecified atom stereocenters. The van der Waals surface area contributed by atoms with Gasteiger partial charge in [0, 0.05) is 17.8 Å². The van der Waals surface area contributed by atoms with E-state index in [0.717, 1.165) is 12.0 Å². The Morgan fingerprint density at radius 1 is 1.23 bits per heavy atom. The number of fused-ring (bicyclic) bond motifs is 2. The lowest BCUT2D eigenvalue weighted by atomic mass is 9.77. The van der Waals surface area contributed by atoms with Crippen LogP contribution in [-0.2, 0) is 19.8 Å². The van der Waals surface area contributed by atoms with Crippen LogP contribution in [0.15, 0.2) is 47.6 Å². The Morgan fingerprint density at radius 3 is 2.85 bits per heavy atom. The van der Waals surface area contributed by atoms with Crippen molar-refractivity contribution in [3.05, 3.63) is 53.2 Å². The highest BCUT2D eigenvalue weighted by Crippen LogP contribution is 2.42. The molecule has 3 heterocycles. The Balaban J connectivity index is 1.81. The zero-order valence-corrected chi connectivity index (χ0v) is 14.8. The maximum atomic E-state index is 12.9. The summed E-state index contributed by atoms with van der Waals surface area (Å²) in [4.78, 5) is 39.7. The van der Waals surface area contributed by atoms with Crippen molar-refractivity contribution in [2.45, 2.75) is 30.7 Å². The van der Waals surface area contributed by atoms with Crippen LogP contribution in [0.1, 0.15) is 24.8 Å². The first kappa shape index (κ1) is 16.8. The molecule has 2 saturated heterocycles. The lowest BCUT2D eigenvalue weighted by Crippen LogP contribution is -2.54. The van der Waals surface area contributed by atoms with E-state index in [4.69, 9.17) is 11.6 Å². The zero-order valence-electron chi connectivity index (χ0n) is 14.0. The van der Waals surface area contributed by atoms with Gasteiger partial charge in [0.2, 0.25) is 11.8 Å². The molecule has 2 N–H and O–H groups in total. The van der Waals surface area contributed by atoms with E-state index in [-0.39, 0.29) is 29.8 Å². The molecule has 6 nitrogen and oxygen atoms in total. The molecular weight excluding hydrogens is 354 g/mol.